The summed E-state index contributed by atoms with van der Waals surface area (Å²) in [4.78, 5) is 23.2. The summed E-state index contributed by atoms with van der Waals surface area (Å²) < 4.78 is 40.8. The molecule has 1 fully saturated rings. The quantitative estimate of drug-likeness (QED) is 0.166. The first kappa shape index (κ1) is 31.1. The molecule has 0 radical (unpaired) electrons. The molecule has 0 saturated heterocycles. The Bertz CT molecular complexity index is 909. The van der Waals surface area contributed by atoms with Gasteiger partial charge in [0, 0.05) is 0 Å². The predicted octanol–water partition coefficient (Wildman–Crippen LogP) is 6.57. The van der Waals surface area contributed by atoms with Crippen molar-refractivity contribution in [2.45, 2.75) is 109 Å². The standard InChI is InChI=1S/C30H44F2O7/c1-2-3-4-5-6-7-8-11-22(33)13-14-23-24-15-20-10-9-12-26(37-19-29(34)35)25(20)16-21(24)17-27(23)39-30(36)38-18-28(31)32/h9-10,12,21-24,27-28,33H,2-8,11,13-19H2,1H3,(H,34,35)/t21-,22-,23+,24-,27+/m0/s1. The number of carbonyl (C=O) groups excluding carboxylic acids is 1. The highest BCUT2D eigenvalue weighted by Gasteiger charge is 2.47. The van der Waals surface area contributed by atoms with E-state index in [-0.39, 0.29) is 17.8 Å². The summed E-state index contributed by atoms with van der Waals surface area (Å²) in [6, 6.07) is 5.63. The molecule has 5 atom stereocenters. The van der Waals surface area contributed by atoms with E-state index in [0.717, 1.165) is 30.4 Å². The summed E-state index contributed by atoms with van der Waals surface area (Å²) in [5.74, 6) is -0.186. The topological polar surface area (TPSA) is 102 Å². The molecule has 7 nitrogen and oxygen atoms in total. The molecule has 39 heavy (non-hydrogen) atoms. The van der Waals surface area contributed by atoms with Crippen LogP contribution in [0.15, 0.2) is 18.2 Å². The summed E-state index contributed by atoms with van der Waals surface area (Å²) in [5.41, 5.74) is 2.05. The Morgan fingerprint density at radius 1 is 1.05 bits per heavy atom. The fourth-order valence-corrected chi connectivity index (χ4v) is 6.34. The van der Waals surface area contributed by atoms with Crippen molar-refractivity contribution in [1.82, 2.24) is 0 Å². The van der Waals surface area contributed by atoms with E-state index in [1.165, 1.54) is 32.1 Å². The number of aliphatic hydroxyl groups excluding tert-OH is 1. The van der Waals surface area contributed by atoms with Gasteiger partial charge in [-0.05, 0) is 73.5 Å². The molecule has 0 amide bonds. The minimum absolute atomic E-state index is 0.0328. The molecule has 0 aliphatic heterocycles. The van der Waals surface area contributed by atoms with Gasteiger partial charge in [-0.1, -0.05) is 64.0 Å². The van der Waals surface area contributed by atoms with Crippen molar-refractivity contribution >= 4 is 12.1 Å². The zero-order chi connectivity index (χ0) is 28.2. The van der Waals surface area contributed by atoms with E-state index >= 15 is 0 Å². The van der Waals surface area contributed by atoms with Crippen LogP contribution in [-0.4, -0.2) is 54.2 Å². The summed E-state index contributed by atoms with van der Waals surface area (Å²) >= 11 is 0. The van der Waals surface area contributed by atoms with Gasteiger partial charge in [-0.2, -0.15) is 0 Å². The molecule has 0 aromatic heterocycles. The highest BCUT2D eigenvalue weighted by atomic mass is 19.3. The van der Waals surface area contributed by atoms with Crippen LogP contribution in [0.4, 0.5) is 13.6 Å². The third kappa shape index (κ3) is 9.92. The maximum Gasteiger partial charge on any atom is 0.508 e. The van der Waals surface area contributed by atoms with Crippen molar-refractivity contribution < 1.29 is 42.8 Å². The lowest BCUT2D eigenvalue weighted by Crippen LogP contribution is -2.30. The second-order valence-corrected chi connectivity index (χ2v) is 11.1. The number of aliphatic hydroxyl groups is 1. The van der Waals surface area contributed by atoms with Gasteiger partial charge in [-0.15, -0.1) is 0 Å². The monoisotopic (exact) mass is 554 g/mol. The fraction of sp³-hybridized carbons (Fsp3) is 0.733. The Morgan fingerprint density at radius 2 is 1.79 bits per heavy atom. The maximum absolute atomic E-state index is 12.5. The van der Waals surface area contributed by atoms with Crippen LogP contribution in [0.1, 0.15) is 88.7 Å². The fourth-order valence-electron chi connectivity index (χ4n) is 6.34. The first-order valence-corrected chi connectivity index (χ1v) is 14.5. The van der Waals surface area contributed by atoms with Crippen molar-refractivity contribution in [1.29, 1.82) is 0 Å². The van der Waals surface area contributed by atoms with Gasteiger partial charge in [-0.3, -0.25) is 0 Å². The van der Waals surface area contributed by atoms with E-state index in [1.807, 2.05) is 12.1 Å². The average molecular weight is 555 g/mol. The van der Waals surface area contributed by atoms with Gasteiger partial charge in [0.1, 0.15) is 11.9 Å². The normalized spacial score (nSPS) is 22.7. The molecule has 0 bridgehead atoms. The third-order valence-electron chi connectivity index (χ3n) is 8.22. The third-order valence-corrected chi connectivity index (χ3v) is 8.22. The lowest BCUT2D eigenvalue weighted by molar-refractivity contribution is -0.139. The van der Waals surface area contributed by atoms with Crippen LogP contribution in [0.3, 0.4) is 0 Å². The number of aliphatic carboxylic acids is 1. The number of carbonyl (C=O) groups is 2. The highest BCUT2D eigenvalue weighted by Crippen LogP contribution is 2.49. The molecule has 0 heterocycles. The highest BCUT2D eigenvalue weighted by molar-refractivity contribution is 5.68. The summed E-state index contributed by atoms with van der Waals surface area (Å²) in [7, 11) is 0. The van der Waals surface area contributed by atoms with Crippen molar-refractivity contribution in [2.24, 2.45) is 17.8 Å². The number of unbranched alkanes of at least 4 members (excludes halogenated alkanes) is 6. The Morgan fingerprint density at radius 3 is 2.51 bits per heavy atom. The number of ether oxygens (including phenoxy) is 3. The van der Waals surface area contributed by atoms with Gasteiger partial charge in [0.15, 0.2) is 13.2 Å². The molecule has 1 saturated carbocycles. The minimum Gasteiger partial charge on any atom is -0.482 e. The maximum atomic E-state index is 12.5. The van der Waals surface area contributed by atoms with Crippen LogP contribution in [0, 0.1) is 17.8 Å². The van der Waals surface area contributed by atoms with E-state index in [0.29, 0.717) is 37.9 Å². The second kappa shape index (κ2) is 16.0. The first-order valence-electron chi connectivity index (χ1n) is 14.5. The number of alkyl halides is 2. The zero-order valence-electron chi connectivity index (χ0n) is 23.0. The molecular weight excluding hydrogens is 510 g/mol. The van der Waals surface area contributed by atoms with Gasteiger partial charge in [0.25, 0.3) is 6.43 Å². The molecule has 0 spiro atoms. The largest absolute Gasteiger partial charge is 0.508 e. The molecule has 1 aromatic carbocycles. The van der Waals surface area contributed by atoms with Gasteiger partial charge >= 0.3 is 12.1 Å². The molecule has 2 N–H and O–H groups in total. The Balaban J connectivity index is 1.61. The number of rotatable bonds is 17. The lowest BCUT2D eigenvalue weighted by Gasteiger charge is -2.32. The van der Waals surface area contributed by atoms with E-state index < -0.39 is 44.0 Å². The molecule has 220 valence electrons. The van der Waals surface area contributed by atoms with Crippen molar-refractivity contribution in [3.63, 3.8) is 0 Å². The lowest BCUT2D eigenvalue weighted by atomic mass is 9.73. The van der Waals surface area contributed by atoms with Crippen LogP contribution in [0.25, 0.3) is 0 Å². The number of hydrogen-bond donors (Lipinski definition) is 2. The molecule has 9 heteroatoms. The van der Waals surface area contributed by atoms with E-state index in [4.69, 9.17) is 14.6 Å². The number of hydrogen-bond acceptors (Lipinski definition) is 6. The summed E-state index contributed by atoms with van der Waals surface area (Å²) in [5, 5.41) is 19.7. The van der Waals surface area contributed by atoms with Crippen molar-refractivity contribution in [2.75, 3.05) is 13.2 Å². The van der Waals surface area contributed by atoms with Crippen LogP contribution in [-0.2, 0) is 27.1 Å². The van der Waals surface area contributed by atoms with Crippen molar-refractivity contribution in [3.05, 3.63) is 29.3 Å². The average Bonchev–Trinajstić information content (AvgIpc) is 3.23. The Labute approximate surface area is 230 Å². The van der Waals surface area contributed by atoms with Gasteiger partial charge in [0.2, 0.25) is 0 Å². The van der Waals surface area contributed by atoms with Crippen LogP contribution < -0.4 is 4.74 Å². The zero-order valence-corrected chi connectivity index (χ0v) is 23.0. The molecule has 2 aliphatic carbocycles. The van der Waals surface area contributed by atoms with Crippen LogP contribution >= 0.6 is 0 Å². The number of halogens is 2. The molecule has 1 aromatic rings. The number of fused-ring (bicyclic) bond motifs is 2. The molecule has 3 rings (SSSR count). The van der Waals surface area contributed by atoms with Gasteiger partial charge < -0.3 is 24.4 Å². The van der Waals surface area contributed by atoms with Crippen molar-refractivity contribution in [3.8, 4) is 5.75 Å². The van der Waals surface area contributed by atoms with Crippen LogP contribution in [0.2, 0.25) is 0 Å². The van der Waals surface area contributed by atoms with Gasteiger partial charge in [0.05, 0.1) is 6.10 Å². The predicted molar refractivity (Wildman–Crippen MR) is 142 cm³/mol. The first-order chi connectivity index (χ1) is 18.8. The Hall–Kier alpha value is -2.42. The van der Waals surface area contributed by atoms with Gasteiger partial charge in [-0.25, -0.2) is 18.4 Å². The summed E-state index contributed by atoms with van der Waals surface area (Å²) in [6.07, 6.45) is 7.41. The SMILES string of the molecule is CCCCCCCCC[C@H](O)CC[C@@H]1[C@H]2Cc3cccc(OCC(=O)O)c3C[C@H]2C[C@H]1OC(=O)OCC(F)F. The van der Waals surface area contributed by atoms with E-state index in [1.54, 1.807) is 6.07 Å². The van der Waals surface area contributed by atoms with E-state index in [9.17, 15) is 23.5 Å². The number of benzene rings is 1. The number of carboxylic acid groups (broad SMARTS) is 1. The Kier molecular flexibility index (Phi) is 12.8. The van der Waals surface area contributed by atoms with Crippen LogP contribution in [0.5, 0.6) is 5.75 Å². The molecular formula is C30H44F2O7. The molecule has 2 aliphatic rings. The second-order valence-electron chi connectivity index (χ2n) is 11.1. The van der Waals surface area contributed by atoms with E-state index in [2.05, 4.69) is 11.7 Å². The summed E-state index contributed by atoms with van der Waals surface area (Å²) in [6.45, 7) is 0.770. The smallest absolute Gasteiger partial charge is 0.482 e. The molecule has 0 unspecified atom stereocenters. The number of carboxylic acids is 1. The minimum atomic E-state index is -2.76.